The summed E-state index contributed by atoms with van der Waals surface area (Å²) in [5.41, 5.74) is 3.74. The van der Waals surface area contributed by atoms with E-state index in [1.54, 1.807) is 0 Å². The van der Waals surface area contributed by atoms with Crippen LogP contribution in [0.5, 0.6) is 0 Å². The zero-order valence-electron chi connectivity index (χ0n) is 26.5. The van der Waals surface area contributed by atoms with Crippen molar-refractivity contribution in [1.82, 2.24) is 30.7 Å². The van der Waals surface area contributed by atoms with E-state index < -0.39 is 5.92 Å². The standard InChI is InChI=1S/C35H52F2N6O/c1-38-19-5-6-22-43(32-13-7-11-28-12-8-20-40-33(28)32)26-30-25-42(24-21-39-30)23-16-31(27-9-3-2-4-10-27)41-34(44)29-14-17-35(36,37)18-15-29/h2-4,8-10,12,20,29-32,38-39H,5-7,11,13-19,21-26H2,1H3,(H,41,44)/t30-,31+,32-/m0/s1. The number of pyridine rings is 1. The number of halogens is 2. The van der Waals surface area contributed by atoms with Crippen LogP contribution in [0, 0.1) is 5.92 Å². The van der Waals surface area contributed by atoms with Gasteiger partial charge in [-0.25, -0.2) is 8.78 Å². The zero-order chi connectivity index (χ0) is 30.8. The summed E-state index contributed by atoms with van der Waals surface area (Å²) in [5.74, 6) is -3.04. The van der Waals surface area contributed by atoms with Crippen LogP contribution in [0.1, 0.15) is 86.7 Å². The Morgan fingerprint density at radius 2 is 1.95 bits per heavy atom. The van der Waals surface area contributed by atoms with Gasteiger partial charge in [0.15, 0.2) is 0 Å². The summed E-state index contributed by atoms with van der Waals surface area (Å²) in [5, 5.41) is 10.3. The molecule has 1 amide bonds. The molecule has 3 N–H and O–H groups in total. The van der Waals surface area contributed by atoms with Gasteiger partial charge in [-0.1, -0.05) is 36.4 Å². The number of aryl methyl sites for hydroxylation is 1. The van der Waals surface area contributed by atoms with E-state index in [1.165, 1.54) is 17.7 Å². The number of aromatic nitrogens is 1. The number of hydrogen-bond acceptors (Lipinski definition) is 6. The molecule has 3 aliphatic rings. The SMILES string of the molecule is CNCCCCN(C[C@@H]1CN(CC[C@@H](NC(=O)C2CCC(F)(F)CC2)c2ccccc2)CCN1)[C@H]1CCCc2cccnc21. The van der Waals surface area contributed by atoms with E-state index in [9.17, 15) is 13.6 Å². The Kier molecular flexibility index (Phi) is 12.1. The summed E-state index contributed by atoms with van der Waals surface area (Å²) in [4.78, 5) is 23.3. The molecule has 7 nitrogen and oxygen atoms in total. The highest BCUT2D eigenvalue weighted by Crippen LogP contribution is 2.37. The molecular weight excluding hydrogens is 558 g/mol. The fraction of sp³-hybridized carbons (Fsp3) is 0.657. The van der Waals surface area contributed by atoms with Gasteiger partial charge in [-0.3, -0.25) is 14.7 Å². The number of unbranched alkanes of at least 4 members (excludes halogenated alkanes) is 1. The molecule has 0 bridgehead atoms. The summed E-state index contributed by atoms with van der Waals surface area (Å²) in [7, 11) is 2.02. The topological polar surface area (TPSA) is 72.5 Å². The van der Waals surface area contributed by atoms with Crippen LogP contribution in [-0.2, 0) is 11.2 Å². The van der Waals surface area contributed by atoms with Gasteiger partial charge in [0.1, 0.15) is 0 Å². The monoisotopic (exact) mass is 610 g/mol. The van der Waals surface area contributed by atoms with E-state index in [2.05, 4.69) is 50.0 Å². The second kappa shape index (κ2) is 16.2. The Balaban J connectivity index is 1.20. The molecule has 44 heavy (non-hydrogen) atoms. The van der Waals surface area contributed by atoms with Gasteiger partial charge in [-0.2, -0.15) is 0 Å². The van der Waals surface area contributed by atoms with Crippen molar-refractivity contribution in [2.24, 2.45) is 5.92 Å². The van der Waals surface area contributed by atoms with Crippen molar-refractivity contribution >= 4 is 5.91 Å². The second-order valence-corrected chi connectivity index (χ2v) is 13.1. The molecule has 9 heteroatoms. The first-order valence-corrected chi connectivity index (χ1v) is 16.9. The molecule has 5 rings (SSSR count). The normalized spacial score (nSPS) is 23.3. The Morgan fingerprint density at radius 3 is 2.75 bits per heavy atom. The van der Waals surface area contributed by atoms with Gasteiger partial charge >= 0.3 is 0 Å². The van der Waals surface area contributed by atoms with E-state index in [0.29, 0.717) is 12.1 Å². The number of alkyl halides is 2. The summed E-state index contributed by atoms with van der Waals surface area (Å²) < 4.78 is 27.4. The van der Waals surface area contributed by atoms with Crippen molar-refractivity contribution < 1.29 is 13.6 Å². The molecule has 1 aromatic carbocycles. The fourth-order valence-corrected chi connectivity index (χ4v) is 7.35. The average molecular weight is 611 g/mol. The van der Waals surface area contributed by atoms with Crippen molar-refractivity contribution in [2.75, 3.05) is 52.9 Å². The maximum absolute atomic E-state index is 13.7. The molecule has 3 atom stereocenters. The quantitative estimate of drug-likeness (QED) is 0.259. The molecule has 2 aliphatic carbocycles. The van der Waals surface area contributed by atoms with E-state index in [0.717, 1.165) is 83.5 Å². The van der Waals surface area contributed by atoms with E-state index in [1.807, 2.05) is 31.4 Å². The molecule has 2 aromatic rings. The predicted octanol–water partition coefficient (Wildman–Crippen LogP) is 5.11. The lowest BCUT2D eigenvalue weighted by molar-refractivity contribution is -0.130. The minimum absolute atomic E-state index is 0.0807. The lowest BCUT2D eigenvalue weighted by atomic mass is 9.86. The molecule has 0 spiro atoms. The Hall–Kier alpha value is -2.46. The maximum atomic E-state index is 13.7. The molecule has 0 radical (unpaired) electrons. The molecule has 2 heterocycles. The number of nitrogens with zero attached hydrogens (tertiary/aromatic N) is 3. The highest BCUT2D eigenvalue weighted by molar-refractivity contribution is 5.79. The number of benzene rings is 1. The predicted molar refractivity (Wildman–Crippen MR) is 172 cm³/mol. The first kappa shape index (κ1) is 32.9. The summed E-state index contributed by atoms with van der Waals surface area (Å²) >= 11 is 0. The molecule has 2 fully saturated rings. The van der Waals surface area contributed by atoms with Crippen LogP contribution in [0.25, 0.3) is 0 Å². The van der Waals surface area contributed by atoms with E-state index >= 15 is 0 Å². The van der Waals surface area contributed by atoms with Crippen LogP contribution >= 0.6 is 0 Å². The number of amides is 1. The van der Waals surface area contributed by atoms with Gasteiger partial charge in [0, 0.05) is 63.7 Å². The van der Waals surface area contributed by atoms with Crippen molar-refractivity contribution in [1.29, 1.82) is 0 Å². The van der Waals surface area contributed by atoms with Crippen LogP contribution in [0.4, 0.5) is 8.78 Å². The third-order valence-electron chi connectivity index (χ3n) is 9.86. The third-order valence-corrected chi connectivity index (χ3v) is 9.86. The Bertz CT molecular complexity index is 1160. The van der Waals surface area contributed by atoms with Gasteiger partial charge in [-0.15, -0.1) is 0 Å². The minimum atomic E-state index is -2.63. The van der Waals surface area contributed by atoms with Crippen molar-refractivity contribution in [3.05, 3.63) is 65.5 Å². The molecule has 0 unspecified atom stereocenters. The number of fused-ring (bicyclic) bond motifs is 1. The van der Waals surface area contributed by atoms with Crippen LogP contribution in [0.15, 0.2) is 48.7 Å². The molecule has 242 valence electrons. The first-order chi connectivity index (χ1) is 21.4. The van der Waals surface area contributed by atoms with Crippen LogP contribution < -0.4 is 16.0 Å². The third kappa shape index (κ3) is 9.28. The zero-order valence-corrected chi connectivity index (χ0v) is 26.5. The number of carbonyl (C=O) groups excluding carboxylic acids is 1. The largest absolute Gasteiger partial charge is 0.349 e. The molecule has 1 aliphatic heterocycles. The van der Waals surface area contributed by atoms with Crippen LogP contribution in [-0.4, -0.2) is 85.5 Å². The van der Waals surface area contributed by atoms with Gasteiger partial charge in [0.2, 0.25) is 11.8 Å². The van der Waals surface area contributed by atoms with Crippen molar-refractivity contribution in [3.63, 3.8) is 0 Å². The van der Waals surface area contributed by atoms with Gasteiger partial charge < -0.3 is 20.9 Å². The first-order valence-electron chi connectivity index (χ1n) is 16.9. The summed E-state index contributed by atoms with van der Waals surface area (Å²) in [6.45, 7) is 6.83. The smallest absolute Gasteiger partial charge is 0.248 e. The maximum Gasteiger partial charge on any atom is 0.248 e. The highest BCUT2D eigenvalue weighted by atomic mass is 19.3. The number of carbonyl (C=O) groups is 1. The van der Waals surface area contributed by atoms with Gasteiger partial charge in [-0.05, 0) is 88.7 Å². The average Bonchev–Trinajstić information content (AvgIpc) is 3.04. The van der Waals surface area contributed by atoms with Crippen molar-refractivity contribution in [2.45, 2.75) is 88.3 Å². The number of rotatable bonds is 14. The molecule has 1 saturated heterocycles. The fourth-order valence-electron chi connectivity index (χ4n) is 7.35. The van der Waals surface area contributed by atoms with E-state index in [-0.39, 0.29) is 43.6 Å². The van der Waals surface area contributed by atoms with Gasteiger partial charge in [0.05, 0.1) is 17.8 Å². The summed E-state index contributed by atoms with van der Waals surface area (Å²) in [6, 6.07) is 15.0. The summed E-state index contributed by atoms with van der Waals surface area (Å²) in [6.07, 6.45) is 8.66. The number of nitrogens with one attached hydrogen (secondary N) is 3. The Labute approximate surface area is 262 Å². The highest BCUT2D eigenvalue weighted by Gasteiger charge is 2.38. The van der Waals surface area contributed by atoms with Crippen LogP contribution in [0.3, 0.4) is 0 Å². The van der Waals surface area contributed by atoms with Crippen molar-refractivity contribution in [3.8, 4) is 0 Å². The van der Waals surface area contributed by atoms with Crippen LogP contribution in [0.2, 0.25) is 0 Å². The van der Waals surface area contributed by atoms with Gasteiger partial charge in [0.25, 0.3) is 0 Å². The lowest BCUT2D eigenvalue weighted by Gasteiger charge is -2.41. The molecular formula is C35H52F2N6O. The molecule has 1 aromatic heterocycles. The number of piperazine rings is 1. The Morgan fingerprint density at radius 1 is 1.14 bits per heavy atom. The van der Waals surface area contributed by atoms with E-state index in [4.69, 9.17) is 4.98 Å². The number of hydrogen-bond donors (Lipinski definition) is 3. The molecule has 1 saturated carbocycles. The lowest BCUT2D eigenvalue weighted by Crippen LogP contribution is -2.55. The second-order valence-electron chi connectivity index (χ2n) is 13.1. The minimum Gasteiger partial charge on any atom is -0.349 e.